The lowest BCUT2D eigenvalue weighted by Gasteiger charge is -2.36. The molecule has 0 unspecified atom stereocenters. The summed E-state index contributed by atoms with van der Waals surface area (Å²) in [7, 11) is -5.77. The molecule has 4 heterocycles. The quantitative estimate of drug-likeness (QED) is 0.232. The number of amides is 3. The van der Waals surface area contributed by atoms with E-state index in [4.69, 9.17) is 16.4 Å². The fourth-order valence-electron chi connectivity index (χ4n) is 6.71. The molecule has 0 radical (unpaired) electrons. The van der Waals surface area contributed by atoms with Crippen LogP contribution in [0.15, 0.2) is 54.6 Å². The zero-order chi connectivity index (χ0) is 32.8. The van der Waals surface area contributed by atoms with E-state index in [1.54, 1.807) is 9.80 Å². The Hall–Kier alpha value is -3.73. The molecule has 0 aliphatic carbocycles. The fourth-order valence-corrected chi connectivity index (χ4v) is 8.13. The van der Waals surface area contributed by atoms with E-state index < -0.39 is 42.7 Å². The van der Waals surface area contributed by atoms with Gasteiger partial charge in [-0.25, -0.2) is 6.57 Å². The number of halogens is 2. The van der Waals surface area contributed by atoms with Crippen molar-refractivity contribution < 1.29 is 37.5 Å². The van der Waals surface area contributed by atoms with Gasteiger partial charge < -0.3 is 35.1 Å². The SMILES string of the molecule is [C-]#[N+][C@@H]1CN(C(=O)[C@@H]2CC[C@@H]3CCNC[C@H](NC(=O)c4cc5cc(C(F)(F)P(=O)(O)O)ccc5s4)C(=O)N32)C[C@H]1c1ccccc1. The van der Waals surface area contributed by atoms with Gasteiger partial charge in [0, 0.05) is 29.4 Å². The normalized spacial score (nSPS) is 25.5. The summed E-state index contributed by atoms with van der Waals surface area (Å²) in [4.78, 5) is 66.7. The highest BCUT2D eigenvalue weighted by atomic mass is 32.1. The Morgan fingerprint density at radius 2 is 1.85 bits per heavy atom. The number of nitrogens with one attached hydrogen (secondary N) is 2. The van der Waals surface area contributed by atoms with E-state index in [-0.39, 0.29) is 47.3 Å². The highest BCUT2D eigenvalue weighted by Crippen LogP contribution is 2.59. The van der Waals surface area contributed by atoms with Crippen LogP contribution in [0.1, 0.15) is 46.0 Å². The summed E-state index contributed by atoms with van der Waals surface area (Å²) in [5.74, 6) is -1.34. The van der Waals surface area contributed by atoms with Gasteiger partial charge >= 0.3 is 13.3 Å². The Morgan fingerprint density at radius 3 is 2.57 bits per heavy atom. The van der Waals surface area contributed by atoms with Crippen LogP contribution >= 0.6 is 18.9 Å². The molecule has 11 nitrogen and oxygen atoms in total. The largest absolute Gasteiger partial charge is 0.399 e. The van der Waals surface area contributed by atoms with Crippen molar-refractivity contribution in [3.8, 4) is 0 Å². The van der Waals surface area contributed by atoms with E-state index in [9.17, 15) is 27.7 Å². The lowest BCUT2D eigenvalue weighted by atomic mass is 9.95. The second-order valence-electron chi connectivity index (χ2n) is 11.9. The average molecular weight is 672 g/mol. The predicted octanol–water partition coefficient (Wildman–Crippen LogP) is 3.49. The maximum atomic E-state index is 14.3. The maximum Gasteiger partial charge on any atom is 0.399 e. The molecule has 4 N–H and O–H groups in total. The van der Waals surface area contributed by atoms with Crippen molar-refractivity contribution in [3.05, 3.63) is 82.0 Å². The smallest absolute Gasteiger partial charge is 0.338 e. The minimum atomic E-state index is -5.77. The summed E-state index contributed by atoms with van der Waals surface area (Å²) < 4.78 is 40.3. The van der Waals surface area contributed by atoms with E-state index in [0.29, 0.717) is 37.1 Å². The monoisotopic (exact) mass is 671 g/mol. The van der Waals surface area contributed by atoms with Crippen molar-refractivity contribution in [1.29, 1.82) is 0 Å². The molecule has 6 rings (SSSR count). The lowest BCUT2D eigenvalue weighted by molar-refractivity contribution is -0.146. The van der Waals surface area contributed by atoms with Gasteiger partial charge in [0.05, 0.1) is 17.3 Å². The van der Waals surface area contributed by atoms with Gasteiger partial charge in [0.25, 0.3) is 5.91 Å². The van der Waals surface area contributed by atoms with Crippen LogP contribution in [-0.4, -0.2) is 87.7 Å². The van der Waals surface area contributed by atoms with Crippen molar-refractivity contribution in [2.45, 2.75) is 55.0 Å². The van der Waals surface area contributed by atoms with E-state index in [2.05, 4.69) is 15.5 Å². The van der Waals surface area contributed by atoms with Gasteiger partial charge in [0.15, 0.2) is 0 Å². The number of fused-ring (bicyclic) bond motifs is 2. The first-order valence-electron chi connectivity index (χ1n) is 14.9. The molecular formula is C31H32F2N5O6PS. The Labute approximate surface area is 267 Å². The number of carbonyl (C=O) groups excluding carboxylic acids is 3. The second-order valence-corrected chi connectivity index (χ2v) is 14.7. The first-order chi connectivity index (χ1) is 21.9. The standard InChI is InChI=1S/C31H32F2N5O6PS/c1-34-24-17-37(16-22(24)18-5-3-2-4-6-18)30(41)25-9-8-21-11-12-35-15-23(29(40)38(21)25)36-28(39)27-14-19-13-20(7-10-26(19)46-27)31(32,33)45(42,43)44/h2-7,10,13-14,21-25,35H,8-9,11-12,15-17H2,(H,36,39)(H2,42,43,44)/t21-,22+,23+,24-,25+/m1/s1. The molecule has 3 saturated heterocycles. The molecule has 3 fully saturated rings. The summed E-state index contributed by atoms with van der Waals surface area (Å²) in [6.07, 6.45) is 1.75. The molecule has 3 aliphatic rings. The minimum absolute atomic E-state index is 0.123. The van der Waals surface area contributed by atoms with Crippen LogP contribution in [-0.2, 0) is 19.8 Å². The number of benzene rings is 2. The van der Waals surface area contributed by atoms with Gasteiger partial charge in [-0.05, 0) is 55.0 Å². The highest BCUT2D eigenvalue weighted by Gasteiger charge is 2.51. The Balaban J connectivity index is 1.19. The van der Waals surface area contributed by atoms with Gasteiger partial charge in [-0.15, -0.1) is 11.3 Å². The van der Waals surface area contributed by atoms with Crippen LogP contribution < -0.4 is 10.6 Å². The van der Waals surface area contributed by atoms with Crippen molar-refractivity contribution in [3.63, 3.8) is 0 Å². The van der Waals surface area contributed by atoms with E-state index in [1.807, 2.05) is 30.3 Å². The third kappa shape index (κ3) is 5.94. The van der Waals surface area contributed by atoms with Crippen molar-refractivity contribution in [2.24, 2.45) is 0 Å². The van der Waals surface area contributed by atoms with Crippen LogP contribution in [0.5, 0.6) is 0 Å². The molecule has 0 bridgehead atoms. The number of hydrogen-bond donors (Lipinski definition) is 4. The van der Waals surface area contributed by atoms with Gasteiger partial charge in [-0.2, -0.15) is 8.78 Å². The second kappa shape index (κ2) is 12.5. The summed E-state index contributed by atoms with van der Waals surface area (Å²) >= 11 is 0.992. The number of thiophene rings is 1. The molecule has 5 atom stereocenters. The predicted molar refractivity (Wildman–Crippen MR) is 166 cm³/mol. The van der Waals surface area contributed by atoms with Crippen molar-refractivity contribution >= 4 is 46.7 Å². The first kappa shape index (κ1) is 32.2. The lowest BCUT2D eigenvalue weighted by Crippen LogP contribution is -2.60. The fraction of sp³-hybridized carbons (Fsp3) is 0.419. The molecule has 3 amide bonds. The number of nitrogens with zero attached hydrogens (tertiary/aromatic N) is 3. The molecule has 2 aromatic carbocycles. The molecular weight excluding hydrogens is 639 g/mol. The number of carbonyl (C=O) groups is 3. The third-order valence-electron chi connectivity index (χ3n) is 9.10. The average Bonchev–Trinajstić information content (AvgIpc) is 3.77. The molecule has 0 saturated carbocycles. The first-order valence-corrected chi connectivity index (χ1v) is 17.3. The molecule has 46 heavy (non-hydrogen) atoms. The molecule has 3 aromatic rings. The summed E-state index contributed by atoms with van der Waals surface area (Å²) in [5.41, 5.74) is -4.27. The zero-order valence-corrected chi connectivity index (χ0v) is 26.2. The molecule has 15 heteroatoms. The van der Waals surface area contributed by atoms with Gasteiger partial charge in [-0.3, -0.25) is 18.9 Å². The molecule has 242 valence electrons. The van der Waals surface area contributed by atoms with Gasteiger partial charge in [-0.1, -0.05) is 36.4 Å². The number of rotatable bonds is 6. The Bertz CT molecular complexity index is 1760. The Morgan fingerprint density at radius 1 is 1.09 bits per heavy atom. The highest BCUT2D eigenvalue weighted by molar-refractivity contribution is 7.52. The number of alkyl halides is 2. The maximum absolute atomic E-state index is 14.3. The summed E-state index contributed by atoms with van der Waals surface area (Å²) in [5, 5.41) is 6.14. The van der Waals surface area contributed by atoms with Crippen LogP contribution in [0.25, 0.3) is 14.9 Å². The van der Waals surface area contributed by atoms with Crippen LogP contribution in [0, 0.1) is 6.57 Å². The van der Waals surface area contributed by atoms with E-state index >= 15 is 0 Å². The zero-order valence-electron chi connectivity index (χ0n) is 24.5. The Kier molecular flexibility index (Phi) is 8.73. The number of likely N-dealkylation sites (tertiary alicyclic amines) is 1. The van der Waals surface area contributed by atoms with Crippen molar-refractivity contribution in [1.82, 2.24) is 20.4 Å². The molecule has 3 aliphatic heterocycles. The summed E-state index contributed by atoms with van der Waals surface area (Å²) in [6.45, 7) is 9.08. The van der Waals surface area contributed by atoms with Crippen molar-refractivity contribution in [2.75, 3.05) is 26.2 Å². The van der Waals surface area contributed by atoms with Crippen LogP contribution in [0.3, 0.4) is 0 Å². The van der Waals surface area contributed by atoms with Crippen LogP contribution in [0.4, 0.5) is 8.78 Å². The topological polar surface area (TPSA) is 144 Å². The molecule has 1 aromatic heterocycles. The van der Waals surface area contributed by atoms with Crippen LogP contribution in [0.2, 0.25) is 0 Å². The molecule has 0 spiro atoms. The minimum Gasteiger partial charge on any atom is -0.338 e. The van der Waals surface area contributed by atoms with E-state index in [0.717, 1.165) is 29.0 Å². The van der Waals surface area contributed by atoms with E-state index in [1.165, 1.54) is 12.1 Å². The third-order valence-corrected chi connectivity index (χ3v) is 11.2. The van der Waals surface area contributed by atoms with Gasteiger partial charge in [0.1, 0.15) is 12.1 Å². The number of hydrogen-bond acceptors (Lipinski definition) is 6. The van der Waals surface area contributed by atoms with Gasteiger partial charge in [0.2, 0.25) is 17.9 Å². The summed E-state index contributed by atoms with van der Waals surface area (Å²) in [6, 6.07) is 11.8.